The van der Waals surface area contributed by atoms with Crippen LogP contribution in [0.4, 0.5) is 11.4 Å². The highest BCUT2D eigenvalue weighted by molar-refractivity contribution is 5.68. The van der Waals surface area contributed by atoms with Gasteiger partial charge in [-0.15, -0.1) is 6.58 Å². The van der Waals surface area contributed by atoms with Gasteiger partial charge in [-0.25, -0.2) is 0 Å². The molecule has 1 atom stereocenters. The molecule has 0 amide bonds. The minimum atomic E-state index is 0.332. The Hall–Kier alpha value is -1.64. The maximum atomic E-state index is 5.87. The predicted molar refractivity (Wildman–Crippen MR) is 65.3 cm³/mol. The van der Waals surface area contributed by atoms with Crippen LogP contribution in [-0.2, 0) is 0 Å². The van der Waals surface area contributed by atoms with Crippen LogP contribution in [0.3, 0.4) is 0 Å². The van der Waals surface area contributed by atoms with E-state index in [0.717, 1.165) is 17.9 Å². The number of rotatable bonds is 5. The molecule has 1 unspecified atom stereocenters. The standard InChI is InChI=1S/C12H18N2O/c1-4-5-9(2)14-12-7-6-10(15-3)8-11(12)13/h4,6-9,14H,1,5,13H2,2-3H3. The van der Waals surface area contributed by atoms with Crippen LogP contribution >= 0.6 is 0 Å². The molecule has 0 radical (unpaired) electrons. The molecule has 0 aliphatic heterocycles. The number of anilines is 2. The highest BCUT2D eigenvalue weighted by Gasteiger charge is 2.04. The van der Waals surface area contributed by atoms with Crippen LogP contribution in [0, 0.1) is 0 Å². The fraction of sp³-hybridized carbons (Fsp3) is 0.333. The van der Waals surface area contributed by atoms with E-state index < -0.39 is 0 Å². The first-order valence-electron chi connectivity index (χ1n) is 4.98. The monoisotopic (exact) mass is 206 g/mol. The molecule has 3 heteroatoms. The lowest BCUT2D eigenvalue weighted by atomic mass is 10.2. The first-order chi connectivity index (χ1) is 7.17. The molecule has 0 bridgehead atoms. The van der Waals surface area contributed by atoms with Gasteiger partial charge in [-0.3, -0.25) is 0 Å². The summed E-state index contributed by atoms with van der Waals surface area (Å²) in [6, 6.07) is 5.95. The Morgan fingerprint density at radius 3 is 2.87 bits per heavy atom. The quantitative estimate of drug-likeness (QED) is 0.575. The van der Waals surface area contributed by atoms with Gasteiger partial charge < -0.3 is 15.8 Å². The Bertz CT molecular complexity index is 336. The van der Waals surface area contributed by atoms with Crippen molar-refractivity contribution in [1.82, 2.24) is 0 Å². The third-order valence-corrected chi connectivity index (χ3v) is 2.18. The van der Waals surface area contributed by atoms with E-state index in [2.05, 4.69) is 18.8 Å². The number of hydrogen-bond donors (Lipinski definition) is 2. The van der Waals surface area contributed by atoms with Crippen molar-refractivity contribution in [2.75, 3.05) is 18.2 Å². The molecule has 3 N–H and O–H groups in total. The van der Waals surface area contributed by atoms with Crippen molar-refractivity contribution in [3.8, 4) is 5.75 Å². The molecule has 15 heavy (non-hydrogen) atoms. The van der Waals surface area contributed by atoms with Crippen LogP contribution in [0.5, 0.6) is 5.75 Å². The summed E-state index contributed by atoms with van der Waals surface area (Å²) in [4.78, 5) is 0. The van der Waals surface area contributed by atoms with E-state index in [1.807, 2.05) is 24.3 Å². The second-order valence-corrected chi connectivity index (χ2v) is 3.52. The van der Waals surface area contributed by atoms with Crippen molar-refractivity contribution in [2.24, 2.45) is 0 Å². The van der Waals surface area contributed by atoms with Crippen LogP contribution in [0.1, 0.15) is 13.3 Å². The molecule has 0 saturated heterocycles. The van der Waals surface area contributed by atoms with Crippen molar-refractivity contribution in [3.05, 3.63) is 30.9 Å². The predicted octanol–water partition coefficient (Wildman–Crippen LogP) is 2.65. The molecule has 0 spiro atoms. The maximum absolute atomic E-state index is 5.87. The van der Waals surface area contributed by atoms with E-state index in [9.17, 15) is 0 Å². The van der Waals surface area contributed by atoms with E-state index in [-0.39, 0.29) is 0 Å². The average Bonchev–Trinajstić information content (AvgIpc) is 2.21. The summed E-state index contributed by atoms with van der Waals surface area (Å²) < 4.78 is 5.08. The third kappa shape index (κ3) is 3.20. The Morgan fingerprint density at radius 1 is 1.60 bits per heavy atom. The van der Waals surface area contributed by atoms with Crippen molar-refractivity contribution in [1.29, 1.82) is 0 Å². The Morgan fingerprint density at radius 2 is 2.33 bits per heavy atom. The molecule has 0 fully saturated rings. The van der Waals surface area contributed by atoms with Gasteiger partial charge in [0, 0.05) is 12.1 Å². The van der Waals surface area contributed by atoms with E-state index in [4.69, 9.17) is 10.5 Å². The third-order valence-electron chi connectivity index (χ3n) is 2.18. The van der Waals surface area contributed by atoms with Crippen molar-refractivity contribution in [2.45, 2.75) is 19.4 Å². The van der Waals surface area contributed by atoms with Crippen molar-refractivity contribution >= 4 is 11.4 Å². The Kier molecular flexibility index (Phi) is 4.03. The Labute approximate surface area is 90.9 Å². The average molecular weight is 206 g/mol. The van der Waals surface area contributed by atoms with Gasteiger partial charge in [0.25, 0.3) is 0 Å². The molecule has 1 aromatic carbocycles. The van der Waals surface area contributed by atoms with Crippen molar-refractivity contribution < 1.29 is 4.74 Å². The topological polar surface area (TPSA) is 47.3 Å². The number of methoxy groups -OCH3 is 1. The number of nitrogens with one attached hydrogen (secondary N) is 1. The molecule has 82 valence electrons. The number of nitrogens with two attached hydrogens (primary N) is 1. The largest absolute Gasteiger partial charge is 0.497 e. The lowest BCUT2D eigenvalue weighted by Gasteiger charge is -2.15. The molecule has 0 heterocycles. The van der Waals surface area contributed by atoms with Gasteiger partial charge in [-0.05, 0) is 25.5 Å². The summed E-state index contributed by atoms with van der Waals surface area (Å²) in [5, 5.41) is 3.31. The molecule has 1 aromatic rings. The molecule has 0 aliphatic rings. The summed E-state index contributed by atoms with van der Waals surface area (Å²) in [5.74, 6) is 0.773. The lowest BCUT2D eigenvalue weighted by molar-refractivity contribution is 0.415. The summed E-state index contributed by atoms with van der Waals surface area (Å²) in [6.07, 6.45) is 2.79. The fourth-order valence-corrected chi connectivity index (χ4v) is 1.37. The number of hydrogen-bond acceptors (Lipinski definition) is 3. The number of nitrogen functional groups attached to an aromatic ring is 1. The van der Waals surface area contributed by atoms with Gasteiger partial charge in [-0.1, -0.05) is 6.08 Å². The molecule has 1 rings (SSSR count). The first-order valence-corrected chi connectivity index (χ1v) is 4.98. The van der Waals surface area contributed by atoms with Gasteiger partial charge in [0.05, 0.1) is 18.5 Å². The lowest BCUT2D eigenvalue weighted by Crippen LogP contribution is -2.14. The second-order valence-electron chi connectivity index (χ2n) is 3.52. The zero-order chi connectivity index (χ0) is 11.3. The van der Waals surface area contributed by atoms with Crippen molar-refractivity contribution in [3.63, 3.8) is 0 Å². The molecule has 0 saturated carbocycles. The Balaban J connectivity index is 2.73. The number of ether oxygens (including phenoxy) is 1. The normalized spacial score (nSPS) is 11.9. The summed E-state index contributed by atoms with van der Waals surface area (Å²) in [6.45, 7) is 5.79. The van der Waals surface area contributed by atoms with Crippen LogP contribution < -0.4 is 15.8 Å². The summed E-state index contributed by atoms with van der Waals surface area (Å²) in [7, 11) is 1.63. The zero-order valence-electron chi connectivity index (χ0n) is 9.29. The van der Waals surface area contributed by atoms with E-state index in [1.54, 1.807) is 7.11 Å². The minimum absolute atomic E-state index is 0.332. The van der Waals surface area contributed by atoms with E-state index >= 15 is 0 Å². The van der Waals surface area contributed by atoms with Gasteiger partial charge >= 0.3 is 0 Å². The SMILES string of the molecule is C=CCC(C)Nc1ccc(OC)cc1N. The zero-order valence-corrected chi connectivity index (χ0v) is 9.29. The van der Waals surface area contributed by atoms with Gasteiger partial charge in [0.15, 0.2) is 0 Å². The first kappa shape index (κ1) is 11.4. The second kappa shape index (κ2) is 5.29. The maximum Gasteiger partial charge on any atom is 0.121 e. The summed E-state index contributed by atoms with van der Waals surface area (Å²) >= 11 is 0. The van der Waals surface area contributed by atoms with E-state index in [0.29, 0.717) is 11.7 Å². The molecule has 0 aromatic heterocycles. The van der Waals surface area contributed by atoms with Crippen LogP contribution in [0.2, 0.25) is 0 Å². The molecular weight excluding hydrogens is 188 g/mol. The molecule has 3 nitrogen and oxygen atoms in total. The van der Waals surface area contributed by atoms with Crippen LogP contribution in [-0.4, -0.2) is 13.2 Å². The summed E-state index contributed by atoms with van der Waals surface area (Å²) in [5.41, 5.74) is 7.51. The molecule has 0 aliphatic carbocycles. The highest BCUT2D eigenvalue weighted by Crippen LogP contribution is 2.24. The highest BCUT2D eigenvalue weighted by atomic mass is 16.5. The van der Waals surface area contributed by atoms with Crippen LogP contribution in [0.15, 0.2) is 30.9 Å². The van der Waals surface area contributed by atoms with Gasteiger partial charge in [0.1, 0.15) is 5.75 Å². The van der Waals surface area contributed by atoms with Gasteiger partial charge in [0.2, 0.25) is 0 Å². The molecular formula is C12H18N2O. The fourth-order valence-electron chi connectivity index (χ4n) is 1.37. The van der Waals surface area contributed by atoms with Crippen LogP contribution in [0.25, 0.3) is 0 Å². The number of benzene rings is 1. The van der Waals surface area contributed by atoms with E-state index in [1.165, 1.54) is 0 Å². The smallest absolute Gasteiger partial charge is 0.121 e. The van der Waals surface area contributed by atoms with Gasteiger partial charge in [-0.2, -0.15) is 0 Å². The minimum Gasteiger partial charge on any atom is -0.497 e.